The number of aliphatic imine (C=N–C) groups is 1. The lowest BCUT2D eigenvalue weighted by Crippen LogP contribution is -2.38. The summed E-state index contributed by atoms with van der Waals surface area (Å²) in [6, 6.07) is 0. The van der Waals surface area contributed by atoms with Gasteiger partial charge < -0.3 is 20.1 Å². The largest absolute Gasteiger partial charge is 0.382 e. The zero-order valence-electron chi connectivity index (χ0n) is 15.5. The Bertz CT molecular complexity index is 317. The topological polar surface area (TPSA) is 54.9 Å². The highest BCUT2D eigenvalue weighted by atomic mass is 16.5. The van der Waals surface area contributed by atoms with Gasteiger partial charge in [0.2, 0.25) is 0 Å². The average molecular weight is 328 g/mol. The van der Waals surface area contributed by atoms with E-state index in [9.17, 15) is 0 Å². The molecule has 0 spiro atoms. The Morgan fingerprint density at radius 1 is 1.00 bits per heavy atom. The van der Waals surface area contributed by atoms with Crippen molar-refractivity contribution in [1.82, 2.24) is 10.6 Å². The van der Waals surface area contributed by atoms with Gasteiger partial charge in [-0.25, -0.2) is 0 Å². The fourth-order valence-corrected chi connectivity index (χ4v) is 2.41. The van der Waals surface area contributed by atoms with E-state index >= 15 is 0 Å². The van der Waals surface area contributed by atoms with Crippen LogP contribution in [0.15, 0.2) is 4.99 Å². The van der Waals surface area contributed by atoms with Crippen molar-refractivity contribution < 1.29 is 9.47 Å². The van der Waals surface area contributed by atoms with Gasteiger partial charge in [0, 0.05) is 46.1 Å². The Kier molecular flexibility index (Phi) is 11.1. The van der Waals surface area contributed by atoms with Gasteiger partial charge >= 0.3 is 0 Å². The number of hydrogen-bond acceptors (Lipinski definition) is 3. The lowest BCUT2D eigenvalue weighted by Gasteiger charge is -2.15. The maximum atomic E-state index is 5.58. The number of unbranched alkanes of at least 4 members (excludes halogenated alkanes) is 1. The first kappa shape index (κ1) is 20.2. The van der Waals surface area contributed by atoms with Crippen LogP contribution < -0.4 is 10.6 Å². The van der Waals surface area contributed by atoms with Gasteiger partial charge in [-0.3, -0.25) is 4.99 Å². The smallest absolute Gasteiger partial charge is 0.191 e. The molecular weight excluding hydrogens is 290 g/mol. The van der Waals surface area contributed by atoms with Gasteiger partial charge in [0.05, 0.1) is 0 Å². The van der Waals surface area contributed by atoms with Crippen LogP contribution in [0.2, 0.25) is 0 Å². The van der Waals surface area contributed by atoms with Crippen LogP contribution in [-0.2, 0) is 9.47 Å². The minimum Gasteiger partial charge on any atom is -0.382 e. The maximum absolute atomic E-state index is 5.58. The molecule has 5 nitrogen and oxygen atoms in total. The second kappa shape index (κ2) is 12.6. The van der Waals surface area contributed by atoms with Crippen molar-refractivity contribution in [3.8, 4) is 0 Å². The minimum atomic E-state index is 0.404. The SMILES string of the molecule is CCCCOCCCNC(=NCC1(CCOCC)CC1)NCC. The van der Waals surface area contributed by atoms with Crippen molar-refractivity contribution in [3.63, 3.8) is 0 Å². The van der Waals surface area contributed by atoms with E-state index < -0.39 is 0 Å². The van der Waals surface area contributed by atoms with Gasteiger partial charge in [-0.2, -0.15) is 0 Å². The molecule has 23 heavy (non-hydrogen) atoms. The third-order valence-corrected chi connectivity index (χ3v) is 4.25. The van der Waals surface area contributed by atoms with Crippen LogP contribution in [0.1, 0.15) is 59.3 Å². The van der Waals surface area contributed by atoms with E-state index in [0.29, 0.717) is 5.41 Å². The lowest BCUT2D eigenvalue weighted by atomic mass is 10.0. The number of nitrogens with one attached hydrogen (secondary N) is 2. The first-order chi connectivity index (χ1) is 11.3. The summed E-state index contributed by atoms with van der Waals surface area (Å²) < 4.78 is 11.1. The van der Waals surface area contributed by atoms with Gasteiger partial charge in [0.1, 0.15) is 0 Å². The molecule has 0 aromatic carbocycles. The maximum Gasteiger partial charge on any atom is 0.191 e. The molecule has 1 fully saturated rings. The quantitative estimate of drug-likeness (QED) is 0.293. The normalized spacial score (nSPS) is 16.4. The lowest BCUT2D eigenvalue weighted by molar-refractivity contribution is 0.129. The molecule has 0 radical (unpaired) electrons. The van der Waals surface area contributed by atoms with Crippen molar-refractivity contribution in [1.29, 1.82) is 0 Å². The number of guanidine groups is 1. The predicted octanol–water partition coefficient (Wildman–Crippen LogP) is 2.96. The van der Waals surface area contributed by atoms with Gasteiger partial charge in [-0.15, -0.1) is 0 Å². The zero-order valence-corrected chi connectivity index (χ0v) is 15.5. The molecule has 1 saturated carbocycles. The third kappa shape index (κ3) is 9.82. The second-order valence-corrected chi connectivity index (χ2v) is 6.39. The monoisotopic (exact) mass is 327 g/mol. The molecule has 136 valence electrons. The van der Waals surface area contributed by atoms with E-state index in [-0.39, 0.29) is 0 Å². The molecule has 0 bridgehead atoms. The number of hydrogen-bond donors (Lipinski definition) is 2. The third-order valence-electron chi connectivity index (χ3n) is 4.25. The second-order valence-electron chi connectivity index (χ2n) is 6.39. The molecule has 0 aromatic heterocycles. The molecule has 0 heterocycles. The summed E-state index contributed by atoms with van der Waals surface area (Å²) in [6.07, 6.45) is 7.07. The summed E-state index contributed by atoms with van der Waals surface area (Å²) in [5, 5.41) is 6.74. The van der Waals surface area contributed by atoms with E-state index in [1.165, 1.54) is 19.3 Å². The van der Waals surface area contributed by atoms with Crippen molar-refractivity contribution in [2.24, 2.45) is 10.4 Å². The van der Waals surface area contributed by atoms with Gasteiger partial charge in [0.25, 0.3) is 0 Å². The predicted molar refractivity (Wildman–Crippen MR) is 97.1 cm³/mol. The highest BCUT2D eigenvalue weighted by molar-refractivity contribution is 5.79. The van der Waals surface area contributed by atoms with E-state index in [1.807, 2.05) is 0 Å². The standard InChI is InChI=1S/C18H37N3O2/c1-4-7-13-23-14-8-12-20-17(19-5-2)21-16-18(9-10-18)11-15-22-6-3/h4-16H2,1-3H3,(H2,19,20,21). The molecule has 0 aliphatic heterocycles. The van der Waals surface area contributed by atoms with E-state index in [0.717, 1.165) is 71.3 Å². The van der Waals surface area contributed by atoms with Crippen LogP contribution in [0.4, 0.5) is 0 Å². The highest BCUT2D eigenvalue weighted by Crippen LogP contribution is 2.48. The number of rotatable bonds is 14. The van der Waals surface area contributed by atoms with Crippen LogP contribution >= 0.6 is 0 Å². The van der Waals surface area contributed by atoms with Gasteiger partial charge in [-0.1, -0.05) is 13.3 Å². The van der Waals surface area contributed by atoms with Crippen molar-refractivity contribution in [2.75, 3.05) is 46.1 Å². The summed E-state index contributed by atoms with van der Waals surface area (Å²) in [7, 11) is 0. The Hall–Kier alpha value is -0.810. The molecule has 1 aliphatic rings. The van der Waals surface area contributed by atoms with Crippen LogP contribution in [-0.4, -0.2) is 52.0 Å². The molecule has 0 aromatic rings. The Balaban J connectivity index is 2.19. The summed E-state index contributed by atoms with van der Waals surface area (Å²) >= 11 is 0. The van der Waals surface area contributed by atoms with E-state index in [4.69, 9.17) is 14.5 Å². The molecule has 2 N–H and O–H groups in total. The van der Waals surface area contributed by atoms with Crippen molar-refractivity contribution >= 4 is 5.96 Å². The highest BCUT2D eigenvalue weighted by Gasteiger charge is 2.41. The number of ether oxygens (including phenoxy) is 2. The van der Waals surface area contributed by atoms with Crippen molar-refractivity contribution in [2.45, 2.75) is 59.3 Å². The fraction of sp³-hybridized carbons (Fsp3) is 0.944. The van der Waals surface area contributed by atoms with Crippen LogP contribution in [0, 0.1) is 5.41 Å². The number of nitrogens with zero attached hydrogens (tertiary/aromatic N) is 1. The summed E-state index contributed by atoms with van der Waals surface area (Å²) in [4.78, 5) is 4.77. The Morgan fingerprint density at radius 3 is 2.43 bits per heavy atom. The van der Waals surface area contributed by atoms with Crippen LogP contribution in [0.25, 0.3) is 0 Å². The molecule has 0 atom stereocenters. The molecular formula is C18H37N3O2. The Morgan fingerprint density at radius 2 is 1.78 bits per heavy atom. The Labute approximate surface area is 142 Å². The first-order valence-electron chi connectivity index (χ1n) is 9.44. The summed E-state index contributed by atoms with van der Waals surface area (Å²) in [5.41, 5.74) is 0.404. The van der Waals surface area contributed by atoms with E-state index in [2.05, 4.69) is 31.4 Å². The van der Waals surface area contributed by atoms with E-state index in [1.54, 1.807) is 0 Å². The molecule has 0 unspecified atom stereocenters. The van der Waals surface area contributed by atoms with Gasteiger partial charge in [-0.05, 0) is 51.4 Å². The summed E-state index contributed by atoms with van der Waals surface area (Å²) in [5.74, 6) is 0.934. The fourth-order valence-electron chi connectivity index (χ4n) is 2.41. The van der Waals surface area contributed by atoms with Gasteiger partial charge in [0.15, 0.2) is 5.96 Å². The average Bonchev–Trinajstić information content (AvgIpc) is 3.32. The molecule has 1 rings (SSSR count). The minimum absolute atomic E-state index is 0.404. The van der Waals surface area contributed by atoms with Crippen LogP contribution in [0.3, 0.4) is 0 Å². The van der Waals surface area contributed by atoms with Crippen molar-refractivity contribution in [3.05, 3.63) is 0 Å². The zero-order chi connectivity index (χ0) is 16.8. The molecule has 1 aliphatic carbocycles. The molecule has 0 saturated heterocycles. The summed E-state index contributed by atoms with van der Waals surface area (Å²) in [6.45, 7) is 12.4. The molecule has 5 heteroatoms. The first-order valence-corrected chi connectivity index (χ1v) is 9.44. The van der Waals surface area contributed by atoms with Crippen LogP contribution in [0.5, 0.6) is 0 Å². The molecule has 0 amide bonds.